The zero-order valence-electron chi connectivity index (χ0n) is 8.97. The molecule has 0 saturated heterocycles. The number of pyridine rings is 1. The molecule has 0 bridgehead atoms. The van der Waals surface area contributed by atoms with Gasteiger partial charge in [0.2, 0.25) is 0 Å². The number of nitrogens with zero attached hydrogens (tertiary/aromatic N) is 3. The molecule has 0 N–H and O–H groups in total. The Morgan fingerprint density at radius 2 is 2.29 bits per heavy atom. The molecule has 5 heteroatoms. The topological polar surface area (TPSA) is 58.2 Å². The van der Waals surface area contributed by atoms with Crippen molar-refractivity contribution < 1.29 is 0 Å². The molecule has 3 heterocycles. The van der Waals surface area contributed by atoms with E-state index in [-0.39, 0.29) is 5.56 Å². The fourth-order valence-electron chi connectivity index (χ4n) is 1.78. The molecular weight excluding hydrogens is 234 g/mol. The van der Waals surface area contributed by atoms with Crippen LogP contribution in [-0.2, 0) is 0 Å². The molecule has 0 atom stereocenters. The van der Waals surface area contributed by atoms with Gasteiger partial charge >= 0.3 is 0 Å². The number of thiophene rings is 1. The molecule has 0 aromatic carbocycles. The van der Waals surface area contributed by atoms with Gasteiger partial charge in [0.05, 0.1) is 11.1 Å². The van der Waals surface area contributed by atoms with Crippen LogP contribution in [0.3, 0.4) is 0 Å². The van der Waals surface area contributed by atoms with Gasteiger partial charge in [0, 0.05) is 11.1 Å². The van der Waals surface area contributed by atoms with Gasteiger partial charge in [0.25, 0.3) is 5.56 Å². The van der Waals surface area contributed by atoms with Crippen LogP contribution in [0.15, 0.2) is 29.2 Å². The minimum atomic E-state index is -0.111. The van der Waals surface area contributed by atoms with E-state index in [1.165, 1.54) is 21.9 Å². The first kappa shape index (κ1) is 10.00. The molecule has 0 aliphatic carbocycles. The lowest BCUT2D eigenvalue weighted by atomic mass is 10.3. The predicted octanol–water partition coefficient (Wildman–Crippen LogP) is 2.09. The molecule has 0 aliphatic heterocycles. The van der Waals surface area contributed by atoms with E-state index in [9.17, 15) is 4.79 Å². The lowest BCUT2D eigenvalue weighted by molar-refractivity contribution is 1.08. The van der Waals surface area contributed by atoms with Gasteiger partial charge in [-0.2, -0.15) is 5.26 Å². The molecule has 0 fully saturated rings. The molecule has 82 valence electrons. The summed E-state index contributed by atoms with van der Waals surface area (Å²) in [7, 11) is 0. The quantitative estimate of drug-likeness (QED) is 0.605. The summed E-state index contributed by atoms with van der Waals surface area (Å²) >= 11 is 1.43. The Balaban J connectivity index is 2.55. The molecule has 3 rings (SSSR count). The summed E-state index contributed by atoms with van der Waals surface area (Å²) in [6.07, 6.45) is 1.53. The standard InChI is InChI=1S/C12H7N3OS/c1-7-4-9-11(17-7)12(16)15-6-8(5-13)2-3-10(15)14-9/h2-4,6H,1H3. The fraction of sp³-hybridized carbons (Fsp3) is 0.0833. The van der Waals surface area contributed by atoms with Gasteiger partial charge in [-0.1, -0.05) is 0 Å². The van der Waals surface area contributed by atoms with E-state index in [4.69, 9.17) is 5.26 Å². The van der Waals surface area contributed by atoms with Gasteiger partial charge < -0.3 is 0 Å². The molecule has 0 unspecified atom stereocenters. The number of fused-ring (bicyclic) bond motifs is 2. The van der Waals surface area contributed by atoms with Crippen molar-refractivity contribution in [3.05, 3.63) is 45.2 Å². The number of hydrogen-bond acceptors (Lipinski definition) is 4. The van der Waals surface area contributed by atoms with Crippen LogP contribution in [-0.4, -0.2) is 9.38 Å². The zero-order valence-corrected chi connectivity index (χ0v) is 9.78. The summed E-state index contributed by atoms with van der Waals surface area (Å²) in [5.74, 6) is 0. The Labute approximate surface area is 100 Å². The van der Waals surface area contributed by atoms with Gasteiger partial charge in [-0.25, -0.2) is 4.98 Å². The second-order valence-electron chi connectivity index (χ2n) is 3.75. The third kappa shape index (κ3) is 1.42. The monoisotopic (exact) mass is 241 g/mol. The molecule has 3 aromatic heterocycles. The Morgan fingerprint density at radius 3 is 3.06 bits per heavy atom. The Kier molecular flexibility index (Phi) is 2.00. The second kappa shape index (κ2) is 3.40. The molecule has 0 spiro atoms. The minimum absolute atomic E-state index is 0.111. The lowest BCUT2D eigenvalue weighted by Gasteiger charge is -1.99. The number of aromatic nitrogens is 2. The first-order valence-electron chi connectivity index (χ1n) is 5.02. The van der Waals surface area contributed by atoms with E-state index >= 15 is 0 Å². The Bertz CT molecular complexity index is 838. The third-order valence-corrected chi connectivity index (χ3v) is 3.57. The largest absolute Gasteiger partial charge is 0.275 e. The normalized spacial score (nSPS) is 10.8. The van der Waals surface area contributed by atoms with Crippen molar-refractivity contribution in [3.63, 3.8) is 0 Å². The van der Waals surface area contributed by atoms with Crippen LogP contribution in [0.4, 0.5) is 0 Å². The van der Waals surface area contributed by atoms with Gasteiger partial charge in [0.15, 0.2) is 0 Å². The van der Waals surface area contributed by atoms with Crippen molar-refractivity contribution >= 4 is 27.2 Å². The van der Waals surface area contributed by atoms with E-state index in [0.717, 1.165) is 10.4 Å². The van der Waals surface area contributed by atoms with Gasteiger partial charge in [-0.3, -0.25) is 9.20 Å². The minimum Gasteiger partial charge on any atom is -0.267 e. The van der Waals surface area contributed by atoms with Crippen molar-refractivity contribution in [1.29, 1.82) is 5.26 Å². The Morgan fingerprint density at radius 1 is 1.47 bits per heavy atom. The summed E-state index contributed by atoms with van der Waals surface area (Å²) in [5, 5.41) is 8.82. The molecule has 0 saturated carbocycles. The van der Waals surface area contributed by atoms with Crippen molar-refractivity contribution in [2.45, 2.75) is 6.92 Å². The molecule has 4 nitrogen and oxygen atoms in total. The molecule has 17 heavy (non-hydrogen) atoms. The highest BCUT2D eigenvalue weighted by Gasteiger charge is 2.08. The highest BCUT2D eigenvalue weighted by atomic mass is 32.1. The van der Waals surface area contributed by atoms with Crippen LogP contribution in [0.5, 0.6) is 0 Å². The van der Waals surface area contributed by atoms with E-state index in [1.54, 1.807) is 12.1 Å². The first-order chi connectivity index (χ1) is 8.19. The van der Waals surface area contributed by atoms with E-state index < -0.39 is 0 Å². The van der Waals surface area contributed by atoms with Crippen molar-refractivity contribution in [2.75, 3.05) is 0 Å². The summed E-state index contributed by atoms with van der Waals surface area (Å²) < 4.78 is 2.06. The summed E-state index contributed by atoms with van der Waals surface area (Å²) in [4.78, 5) is 17.6. The SMILES string of the molecule is Cc1cc2nc3ccc(C#N)cn3c(=O)c2s1. The van der Waals surface area contributed by atoms with Crippen LogP contribution in [0, 0.1) is 18.3 Å². The summed E-state index contributed by atoms with van der Waals surface area (Å²) in [6, 6.07) is 7.26. The van der Waals surface area contributed by atoms with Crippen molar-refractivity contribution in [1.82, 2.24) is 9.38 Å². The van der Waals surface area contributed by atoms with E-state index in [0.29, 0.717) is 15.9 Å². The van der Waals surface area contributed by atoms with Crippen LogP contribution < -0.4 is 5.56 Å². The average Bonchev–Trinajstić information content (AvgIpc) is 2.70. The molecule has 3 aromatic rings. The van der Waals surface area contributed by atoms with Crippen molar-refractivity contribution in [2.24, 2.45) is 0 Å². The van der Waals surface area contributed by atoms with Gasteiger partial charge in [0.1, 0.15) is 16.4 Å². The van der Waals surface area contributed by atoms with Crippen molar-refractivity contribution in [3.8, 4) is 6.07 Å². The van der Waals surface area contributed by atoms with Crippen LogP contribution in [0.25, 0.3) is 15.9 Å². The lowest BCUT2D eigenvalue weighted by Crippen LogP contribution is -2.13. The fourth-order valence-corrected chi connectivity index (χ4v) is 2.67. The number of aryl methyl sites for hydroxylation is 1. The molecular formula is C12H7N3OS. The third-order valence-electron chi connectivity index (χ3n) is 2.54. The molecule has 0 amide bonds. The highest BCUT2D eigenvalue weighted by molar-refractivity contribution is 7.18. The van der Waals surface area contributed by atoms with Crippen LogP contribution >= 0.6 is 11.3 Å². The van der Waals surface area contributed by atoms with E-state index in [2.05, 4.69) is 4.98 Å². The smallest absolute Gasteiger partial charge is 0.267 e. The maximum Gasteiger partial charge on any atom is 0.275 e. The summed E-state index contributed by atoms with van der Waals surface area (Å²) in [6.45, 7) is 1.95. The van der Waals surface area contributed by atoms with Crippen LogP contribution in [0.1, 0.15) is 10.4 Å². The number of hydrogen-bond donors (Lipinski definition) is 0. The van der Waals surface area contributed by atoms with Gasteiger partial charge in [-0.15, -0.1) is 11.3 Å². The zero-order chi connectivity index (χ0) is 12.0. The van der Waals surface area contributed by atoms with Gasteiger partial charge in [-0.05, 0) is 25.1 Å². The maximum atomic E-state index is 12.2. The van der Waals surface area contributed by atoms with Crippen LogP contribution in [0.2, 0.25) is 0 Å². The molecule has 0 radical (unpaired) electrons. The second-order valence-corrected chi connectivity index (χ2v) is 5.00. The summed E-state index contributed by atoms with van der Waals surface area (Å²) in [5.41, 5.74) is 1.63. The Hall–Kier alpha value is -2.19. The highest BCUT2D eigenvalue weighted by Crippen LogP contribution is 2.20. The number of nitriles is 1. The predicted molar refractivity (Wildman–Crippen MR) is 66.3 cm³/mol. The first-order valence-corrected chi connectivity index (χ1v) is 5.83. The molecule has 0 aliphatic rings. The maximum absolute atomic E-state index is 12.2. The average molecular weight is 241 g/mol. The van der Waals surface area contributed by atoms with E-state index in [1.807, 2.05) is 19.1 Å². The number of rotatable bonds is 0.